The van der Waals surface area contributed by atoms with Crippen molar-refractivity contribution in [3.63, 3.8) is 0 Å². The lowest BCUT2D eigenvalue weighted by molar-refractivity contribution is -0.127. The van der Waals surface area contributed by atoms with Crippen LogP contribution in [-0.4, -0.2) is 42.4 Å². The molecule has 2 unspecified atom stereocenters. The van der Waals surface area contributed by atoms with Gasteiger partial charge in [-0.15, -0.1) is 0 Å². The van der Waals surface area contributed by atoms with Crippen molar-refractivity contribution >= 4 is 11.8 Å². The lowest BCUT2D eigenvalue weighted by atomic mass is 9.78. The van der Waals surface area contributed by atoms with Gasteiger partial charge in [0.25, 0.3) is 0 Å². The second-order valence-electron chi connectivity index (χ2n) is 6.98. The number of amides is 2. The van der Waals surface area contributed by atoms with E-state index in [2.05, 4.69) is 11.4 Å². The molecule has 2 atom stereocenters. The second-order valence-corrected chi connectivity index (χ2v) is 6.98. The molecule has 0 aromatic rings. The Morgan fingerprint density at radius 1 is 1.39 bits per heavy atom. The average Bonchev–Trinajstić information content (AvgIpc) is 2.55. The predicted octanol–water partition coefficient (Wildman–Crippen LogP) is 0.977. The Balaban J connectivity index is 1.95. The van der Waals surface area contributed by atoms with Crippen molar-refractivity contribution < 1.29 is 9.59 Å². The topological polar surface area (TPSA) is 99.2 Å². The van der Waals surface area contributed by atoms with E-state index in [1.807, 2.05) is 11.9 Å². The van der Waals surface area contributed by atoms with Gasteiger partial charge in [-0.3, -0.25) is 9.59 Å². The van der Waals surface area contributed by atoms with Crippen LogP contribution in [0.5, 0.6) is 0 Å². The maximum atomic E-state index is 12.3. The van der Waals surface area contributed by atoms with Gasteiger partial charge in [-0.2, -0.15) is 5.26 Å². The van der Waals surface area contributed by atoms with E-state index >= 15 is 0 Å². The molecule has 1 aliphatic heterocycles. The Labute approximate surface area is 138 Å². The number of primary amides is 1. The van der Waals surface area contributed by atoms with Gasteiger partial charge in [0.2, 0.25) is 11.8 Å². The van der Waals surface area contributed by atoms with Crippen LogP contribution in [0.25, 0.3) is 0 Å². The van der Waals surface area contributed by atoms with E-state index in [-0.39, 0.29) is 5.91 Å². The summed E-state index contributed by atoms with van der Waals surface area (Å²) in [5, 5.41) is 12.4. The van der Waals surface area contributed by atoms with Crippen molar-refractivity contribution in [3.8, 4) is 6.07 Å². The minimum atomic E-state index is -1.18. The molecule has 6 nitrogen and oxygen atoms in total. The number of rotatable bonds is 5. The summed E-state index contributed by atoms with van der Waals surface area (Å²) in [4.78, 5) is 26.0. The van der Waals surface area contributed by atoms with E-state index in [9.17, 15) is 14.9 Å². The first kappa shape index (κ1) is 17.7. The number of hydrogen-bond donors (Lipinski definition) is 2. The average molecular weight is 319 g/mol. The first-order chi connectivity index (χ1) is 11.0. The standard InChI is InChI=1S/C17H27N4O2/c1-21-10-9-17(12-18,14(11-21)16(19)23)20-15(22)8-7-13-5-3-2-4-6-13/h8,13-14H,2-7,9-11H2,1H3,(H2,19,23)(H,20,22). The van der Waals surface area contributed by atoms with Gasteiger partial charge in [-0.05, 0) is 25.8 Å². The van der Waals surface area contributed by atoms with Crippen molar-refractivity contribution in [2.75, 3.05) is 20.1 Å². The molecule has 0 spiro atoms. The Hall–Kier alpha value is -1.61. The van der Waals surface area contributed by atoms with E-state index in [0.717, 1.165) is 6.42 Å². The molecule has 127 valence electrons. The fourth-order valence-electron chi connectivity index (χ4n) is 3.71. The summed E-state index contributed by atoms with van der Waals surface area (Å²) in [6.07, 6.45) is 8.89. The molecule has 1 aliphatic carbocycles. The lowest BCUT2D eigenvalue weighted by Crippen LogP contribution is -2.63. The van der Waals surface area contributed by atoms with Crippen LogP contribution in [-0.2, 0) is 9.59 Å². The van der Waals surface area contributed by atoms with Gasteiger partial charge in [0.1, 0.15) is 5.54 Å². The van der Waals surface area contributed by atoms with Crippen LogP contribution in [0.4, 0.5) is 0 Å². The molecule has 6 heteroatoms. The monoisotopic (exact) mass is 319 g/mol. The minimum absolute atomic E-state index is 0.257. The fourth-order valence-corrected chi connectivity index (χ4v) is 3.71. The van der Waals surface area contributed by atoms with Crippen LogP contribution >= 0.6 is 0 Å². The van der Waals surface area contributed by atoms with Gasteiger partial charge < -0.3 is 16.0 Å². The summed E-state index contributed by atoms with van der Waals surface area (Å²) in [5.41, 5.74) is 4.29. The summed E-state index contributed by atoms with van der Waals surface area (Å²) >= 11 is 0. The third-order valence-corrected chi connectivity index (χ3v) is 5.23. The van der Waals surface area contributed by atoms with Gasteiger partial charge >= 0.3 is 0 Å². The van der Waals surface area contributed by atoms with Gasteiger partial charge in [0.15, 0.2) is 0 Å². The molecule has 2 amide bonds. The van der Waals surface area contributed by atoms with E-state index < -0.39 is 17.4 Å². The number of carbonyl (C=O) groups is 2. The maximum Gasteiger partial charge on any atom is 0.225 e. The predicted molar refractivity (Wildman–Crippen MR) is 86.8 cm³/mol. The lowest BCUT2D eigenvalue weighted by Gasteiger charge is -2.41. The number of hydrogen-bond acceptors (Lipinski definition) is 4. The Morgan fingerprint density at radius 2 is 2.09 bits per heavy atom. The second kappa shape index (κ2) is 7.78. The van der Waals surface area contributed by atoms with Crippen LogP contribution in [0.15, 0.2) is 0 Å². The van der Waals surface area contributed by atoms with Crippen molar-refractivity contribution in [1.82, 2.24) is 10.2 Å². The van der Waals surface area contributed by atoms with Crippen molar-refractivity contribution in [2.24, 2.45) is 17.6 Å². The molecular formula is C17H27N4O2. The summed E-state index contributed by atoms with van der Waals surface area (Å²) < 4.78 is 0. The normalized spacial score (nSPS) is 29.7. The summed E-state index contributed by atoms with van der Waals surface area (Å²) in [6, 6.07) is 2.16. The van der Waals surface area contributed by atoms with Crippen LogP contribution in [0.2, 0.25) is 0 Å². The van der Waals surface area contributed by atoms with E-state index in [0.29, 0.717) is 25.4 Å². The largest absolute Gasteiger partial charge is 0.369 e. The first-order valence-electron chi connectivity index (χ1n) is 8.51. The Kier molecular flexibility index (Phi) is 6.00. The highest BCUT2D eigenvalue weighted by Crippen LogP contribution is 2.29. The SMILES string of the molecule is CN1CCC(C#N)(NC(=O)[CH]CC2CCCCC2)C(C(N)=O)C1. The zero-order valence-electron chi connectivity index (χ0n) is 13.9. The highest BCUT2D eigenvalue weighted by molar-refractivity contribution is 5.87. The smallest absolute Gasteiger partial charge is 0.225 e. The Morgan fingerprint density at radius 3 is 2.70 bits per heavy atom. The molecule has 1 heterocycles. The van der Waals surface area contributed by atoms with Crippen LogP contribution in [0.3, 0.4) is 0 Å². The summed E-state index contributed by atoms with van der Waals surface area (Å²) in [6.45, 7) is 1.05. The third kappa shape index (κ3) is 4.44. The Bertz CT molecular complexity index is 481. The molecule has 0 bridgehead atoms. The molecule has 0 aromatic heterocycles. The van der Waals surface area contributed by atoms with Crippen molar-refractivity contribution in [3.05, 3.63) is 6.42 Å². The molecule has 2 aliphatic rings. The number of likely N-dealkylation sites (tertiary alicyclic amines) is 1. The van der Waals surface area contributed by atoms with Gasteiger partial charge in [0.05, 0.1) is 12.0 Å². The van der Waals surface area contributed by atoms with Gasteiger partial charge in [0, 0.05) is 19.5 Å². The number of nitrogens with two attached hydrogens (primary N) is 1. The molecule has 3 N–H and O–H groups in total. The zero-order chi connectivity index (χ0) is 16.9. The molecule has 1 saturated heterocycles. The number of nitrogens with zero attached hydrogens (tertiary/aromatic N) is 2. The van der Waals surface area contributed by atoms with Crippen molar-refractivity contribution in [2.45, 2.75) is 50.5 Å². The zero-order valence-corrected chi connectivity index (χ0v) is 13.9. The summed E-state index contributed by atoms with van der Waals surface area (Å²) in [7, 11) is 1.88. The minimum Gasteiger partial charge on any atom is -0.369 e. The quantitative estimate of drug-likeness (QED) is 0.789. The third-order valence-electron chi connectivity index (χ3n) is 5.23. The highest BCUT2D eigenvalue weighted by atomic mass is 16.2. The molecule has 0 aromatic carbocycles. The number of piperidine rings is 1. The number of carbonyl (C=O) groups excluding carboxylic acids is 2. The van der Waals surface area contributed by atoms with Crippen LogP contribution in [0, 0.1) is 29.6 Å². The maximum absolute atomic E-state index is 12.3. The van der Waals surface area contributed by atoms with E-state index in [1.165, 1.54) is 32.1 Å². The summed E-state index contributed by atoms with van der Waals surface area (Å²) in [5.74, 6) is -0.908. The van der Waals surface area contributed by atoms with Gasteiger partial charge in [-0.25, -0.2) is 0 Å². The molecule has 2 fully saturated rings. The molecule has 2 rings (SSSR count). The van der Waals surface area contributed by atoms with Crippen molar-refractivity contribution in [1.29, 1.82) is 5.26 Å². The molecule has 1 radical (unpaired) electrons. The highest BCUT2D eigenvalue weighted by Gasteiger charge is 2.47. The van der Waals surface area contributed by atoms with E-state index in [1.54, 1.807) is 6.42 Å². The van der Waals surface area contributed by atoms with Gasteiger partial charge in [-0.1, -0.05) is 32.1 Å². The first-order valence-corrected chi connectivity index (χ1v) is 8.51. The fraction of sp³-hybridized carbons (Fsp3) is 0.765. The number of nitrogens with one attached hydrogen (secondary N) is 1. The number of nitriles is 1. The van der Waals surface area contributed by atoms with Crippen LogP contribution in [0.1, 0.15) is 44.9 Å². The molecular weight excluding hydrogens is 292 g/mol. The molecule has 23 heavy (non-hydrogen) atoms. The van der Waals surface area contributed by atoms with Crippen LogP contribution < -0.4 is 11.1 Å². The molecule has 1 saturated carbocycles. The van der Waals surface area contributed by atoms with E-state index in [4.69, 9.17) is 5.73 Å².